The Morgan fingerprint density at radius 2 is 1.93 bits per heavy atom. The molecule has 1 aliphatic heterocycles. The van der Waals surface area contributed by atoms with Gasteiger partial charge in [0.2, 0.25) is 5.91 Å². The molecule has 1 aromatic heterocycles. The van der Waals surface area contributed by atoms with Crippen LogP contribution in [0, 0.1) is 0 Å². The number of hydrogen-bond acceptors (Lipinski definition) is 3. The van der Waals surface area contributed by atoms with Gasteiger partial charge in [-0.3, -0.25) is 14.5 Å². The van der Waals surface area contributed by atoms with Crippen LogP contribution in [0.15, 0.2) is 54.7 Å². The van der Waals surface area contributed by atoms with Crippen molar-refractivity contribution in [2.45, 2.75) is 25.3 Å². The van der Waals surface area contributed by atoms with Crippen LogP contribution in [-0.4, -0.2) is 40.3 Å². The molecule has 1 fully saturated rings. The molecule has 1 saturated heterocycles. The van der Waals surface area contributed by atoms with Gasteiger partial charge in [-0.05, 0) is 48.7 Å². The van der Waals surface area contributed by atoms with Crippen LogP contribution in [0.4, 0.5) is 10.5 Å². The smallest absolute Gasteiger partial charge is 0.324 e. The zero-order chi connectivity index (χ0) is 21.1. The minimum absolute atomic E-state index is 0.139. The van der Waals surface area contributed by atoms with Crippen LogP contribution < -0.4 is 10.6 Å². The minimum atomic E-state index is -0.684. The highest BCUT2D eigenvalue weighted by molar-refractivity contribution is 6.31. The molecule has 4 amide bonds. The van der Waals surface area contributed by atoms with Crippen molar-refractivity contribution in [1.82, 2.24) is 15.2 Å². The van der Waals surface area contributed by atoms with Crippen LogP contribution in [0.1, 0.15) is 18.4 Å². The highest BCUT2D eigenvalue weighted by atomic mass is 35.5. The highest BCUT2D eigenvalue weighted by Crippen LogP contribution is 2.23. The van der Waals surface area contributed by atoms with Gasteiger partial charge in [0.15, 0.2) is 0 Å². The van der Waals surface area contributed by atoms with Crippen LogP contribution in [0.5, 0.6) is 0 Å². The van der Waals surface area contributed by atoms with E-state index in [2.05, 4.69) is 15.6 Å². The Labute approximate surface area is 178 Å². The molecule has 2 aromatic carbocycles. The van der Waals surface area contributed by atoms with Gasteiger partial charge < -0.3 is 15.6 Å². The van der Waals surface area contributed by atoms with Crippen molar-refractivity contribution in [3.05, 3.63) is 65.3 Å². The molecular weight excluding hydrogens is 404 g/mol. The lowest BCUT2D eigenvalue weighted by molar-refractivity contribution is -0.127. The van der Waals surface area contributed by atoms with E-state index >= 15 is 0 Å². The monoisotopic (exact) mass is 424 g/mol. The fourth-order valence-corrected chi connectivity index (χ4v) is 3.77. The van der Waals surface area contributed by atoms with Crippen molar-refractivity contribution in [2.24, 2.45) is 0 Å². The first kappa shape index (κ1) is 20.0. The van der Waals surface area contributed by atoms with Crippen LogP contribution >= 0.6 is 11.6 Å². The SMILES string of the molecule is O=C(CC[C@@H]1NC(=O)N(CCc2c[nH]c3ccc(Cl)cc23)C1=O)Nc1ccccc1. The van der Waals surface area contributed by atoms with Crippen molar-refractivity contribution >= 4 is 46.0 Å². The van der Waals surface area contributed by atoms with E-state index in [1.54, 1.807) is 18.2 Å². The molecule has 154 valence electrons. The molecule has 30 heavy (non-hydrogen) atoms. The summed E-state index contributed by atoms with van der Waals surface area (Å²) in [5.74, 6) is -0.497. The number of rotatable bonds is 7. The van der Waals surface area contributed by atoms with Gasteiger partial charge in [-0.15, -0.1) is 0 Å². The molecule has 0 radical (unpaired) electrons. The number of carbonyl (C=O) groups is 3. The normalized spacial score (nSPS) is 16.2. The van der Waals surface area contributed by atoms with E-state index in [-0.39, 0.29) is 31.2 Å². The van der Waals surface area contributed by atoms with Gasteiger partial charge in [0.1, 0.15) is 6.04 Å². The van der Waals surface area contributed by atoms with Crippen LogP contribution in [-0.2, 0) is 16.0 Å². The van der Waals surface area contributed by atoms with Gasteiger partial charge in [-0.1, -0.05) is 29.8 Å². The Morgan fingerprint density at radius 3 is 2.73 bits per heavy atom. The number of nitrogens with one attached hydrogen (secondary N) is 3. The van der Waals surface area contributed by atoms with E-state index in [1.807, 2.05) is 36.5 Å². The zero-order valence-electron chi connectivity index (χ0n) is 16.2. The number of fused-ring (bicyclic) bond motifs is 1. The highest BCUT2D eigenvalue weighted by Gasteiger charge is 2.37. The Bertz CT molecular complexity index is 1100. The van der Waals surface area contributed by atoms with E-state index in [4.69, 9.17) is 11.6 Å². The molecule has 4 rings (SSSR count). The number of nitrogens with zero attached hydrogens (tertiary/aromatic N) is 1. The maximum Gasteiger partial charge on any atom is 0.324 e. The summed E-state index contributed by atoms with van der Waals surface area (Å²) in [7, 11) is 0. The Hall–Kier alpha value is -3.32. The average Bonchev–Trinajstić information content (AvgIpc) is 3.25. The maximum atomic E-state index is 12.6. The topological polar surface area (TPSA) is 94.3 Å². The summed E-state index contributed by atoms with van der Waals surface area (Å²) >= 11 is 6.08. The molecule has 0 saturated carbocycles. The number of imide groups is 1. The first-order chi connectivity index (χ1) is 14.5. The quantitative estimate of drug-likeness (QED) is 0.505. The third-order valence-electron chi connectivity index (χ3n) is 5.16. The number of aromatic nitrogens is 1. The lowest BCUT2D eigenvalue weighted by Gasteiger charge is -2.13. The van der Waals surface area contributed by atoms with Crippen molar-refractivity contribution in [1.29, 1.82) is 0 Å². The summed E-state index contributed by atoms with van der Waals surface area (Å²) in [5.41, 5.74) is 2.64. The Balaban J connectivity index is 1.32. The number of benzene rings is 2. The lowest BCUT2D eigenvalue weighted by atomic mass is 10.1. The van der Waals surface area contributed by atoms with Crippen molar-refractivity contribution in [3.63, 3.8) is 0 Å². The van der Waals surface area contributed by atoms with Crippen LogP contribution in [0.25, 0.3) is 10.9 Å². The van der Waals surface area contributed by atoms with E-state index in [0.29, 0.717) is 17.1 Å². The number of amides is 4. The predicted octanol–water partition coefficient (Wildman–Crippen LogP) is 3.70. The molecule has 0 spiro atoms. The summed E-state index contributed by atoms with van der Waals surface area (Å²) in [6, 6.07) is 13.6. The summed E-state index contributed by atoms with van der Waals surface area (Å²) in [5, 5.41) is 7.06. The second kappa shape index (κ2) is 8.59. The number of urea groups is 1. The summed E-state index contributed by atoms with van der Waals surface area (Å²) < 4.78 is 0. The van der Waals surface area contributed by atoms with Crippen LogP contribution in [0.3, 0.4) is 0 Å². The second-order valence-corrected chi connectivity index (χ2v) is 7.64. The number of aromatic amines is 1. The Kier molecular flexibility index (Phi) is 5.72. The van der Waals surface area contributed by atoms with E-state index < -0.39 is 12.1 Å². The lowest BCUT2D eigenvalue weighted by Crippen LogP contribution is -2.33. The number of para-hydroxylation sites is 1. The average molecular weight is 425 g/mol. The number of carbonyl (C=O) groups excluding carboxylic acids is 3. The molecule has 1 atom stereocenters. The Morgan fingerprint density at radius 1 is 1.13 bits per heavy atom. The third-order valence-corrected chi connectivity index (χ3v) is 5.39. The first-order valence-corrected chi connectivity index (χ1v) is 10.1. The van der Waals surface area contributed by atoms with E-state index in [1.165, 1.54) is 4.90 Å². The molecule has 0 unspecified atom stereocenters. The molecule has 2 heterocycles. The summed E-state index contributed by atoms with van der Waals surface area (Å²) in [6.45, 7) is 0.261. The van der Waals surface area contributed by atoms with Gasteiger partial charge in [0.25, 0.3) is 5.91 Å². The van der Waals surface area contributed by atoms with E-state index in [9.17, 15) is 14.4 Å². The molecule has 1 aliphatic rings. The van der Waals surface area contributed by atoms with Crippen molar-refractivity contribution < 1.29 is 14.4 Å². The van der Waals surface area contributed by atoms with Gasteiger partial charge in [-0.25, -0.2) is 4.79 Å². The molecule has 0 bridgehead atoms. The summed E-state index contributed by atoms with van der Waals surface area (Å²) in [6.07, 6.45) is 2.77. The molecule has 3 N–H and O–H groups in total. The minimum Gasteiger partial charge on any atom is -0.361 e. The number of hydrogen-bond donors (Lipinski definition) is 3. The standard InChI is InChI=1S/C22H21ClN4O3/c23-15-6-7-18-17(12-15)14(13-24-18)10-11-27-21(29)19(26-22(27)30)8-9-20(28)25-16-4-2-1-3-5-16/h1-7,12-13,19,24H,8-11H2,(H,25,28)(H,26,30)/t19-/m0/s1. The number of anilines is 1. The maximum absolute atomic E-state index is 12.6. The molecule has 3 aromatic rings. The first-order valence-electron chi connectivity index (χ1n) is 9.73. The fraction of sp³-hybridized carbons (Fsp3) is 0.227. The largest absolute Gasteiger partial charge is 0.361 e. The summed E-state index contributed by atoms with van der Waals surface area (Å²) in [4.78, 5) is 41.4. The van der Waals surface area contributed by atoms with Crippen molar-refractivity contribution in [3.8, 4) is 0 Å². The third kappa shape index (κ3) is 4.31. The van der Waals surface area contributed by atoms with Crippen molar-refractivity contribution in [2.75, 3.05) is 11.9 Å². The molecule has 7 nitrogen and oxygen atoms in total. The molecule has 0 aliphatic carbocycles. The molecule has 8 heteroatoms. The van der Waals surface area contributed by atoms with Crippen LogP contribution in [0.2, 0.25) is 5.02 Å². The van der Waals surface area contributed by atoms with Gasteiger partial charge >= 0.3 is 6.03 Å². The predicted molar refractivity (Wildman–Crippen MR) is 115 cm³/mol. The number of H-pyrrole nitrogens is 1. The van der Waals surface area contributed by atoms with Gasteiger partial charge in [0, 0.05) is 40.8 Å². The van der Waals surface area contributed by atoms with Gasteiger partial charge in [0.05, 0.1) is 0 Å². The van der Waals surface area contributed by atoms with E-state index in [0.717, 1.165) is 16.5 Å². The molecular formula is C22H21ClN4O3. The number of halogens is 1. The zero-order valence-corrected chi connectivity index (χ0v) is 16.9. The van der Waals surface area contributed by atoms with Gasteiger partial charge in [-0.2, -0.15) is 0 Å². The fourth-order valence-electron chi connectivity index (χ4n) is 3.59. The second-order valence-electron chi connectivity index (χ2n) is 7.20.